The lowest BCUT2D eigenvalue weighted by molar-refractivity contribution is 0.914. The van der Waals surface area contributed by atoms with Crippen LogP contribution in [0.1, 0.15) is 23.9 Å². The van der Waals surface area contributed by atoms with Gasteiger partial charge in [-0.25, -0.2) is 4.98 Å². The molecule has 0 amide bonds. The van der Waals surface area contributed by atoms with Crippen LogP contribution in [0.4, 0.5) is 5.82 Å². The Balaban J connectivity index is 2.13. The zero-order valence-electron chi connectivity index (χ0n) is 10.7. The van der Waals surface area contributed by atoms with Crippen LogP contribution in [0.3, 0.4) is 0 Å². The van der Waals surface area contributed by atoms with Gasteiger partial charge in [0, 0.05) is 19.0 Å². The van der Waals surface area contributed by atoms with Crippen molar-refractivity contribution in [1.29, 1.82) is 0 Å². The van der Waals surface area contributed by atoms with Crippen LogP contribution >= 0.6 is 0 Å². The van der Waals surface area contributed by atoms with Crippen molar-refractivity contribution in [3.05, 3.63) is 57.6 Å². The van der Waals surface area contributed by atoms with E-state index < -0.39 is 0 Å². The van der Waals surface area contributed by atoms with Crippen molar-refractivity contribution in [3.63, 3.8) is 0 Å². The highest BCUT2D eigenvalue weighted by Crippen LogP contribution is 2.09. The minimum absolute atomic E-state index is 0.117. The number of H-pyrrole nitrogens is 1. The molecule has 0 aliphatic heterocycles. The van der Waals surface area contributed by atoms with E-state index in [1.807, 2.05) is 19.1 Å². The maximum Gasteiger partial charge on any atom is 0.252 e. The Kier molecular flexibility index (Phi) is 3.77. The lowest BCUT2D eigenvalue weighted by Gasteiger charge is -2.08. The van der Waals surface area contributed by atoms with Gasteiger partial charge in [0.15, 0.2) is 0 Å². The summed E-state index contributed by atoms with van der Waals surface area (Å²) in [5, 5.41) is 3.19. The van der Waals surface area contributed by atoms with Crippen LogP contribution < -0.4 is 10.9 Å². The first-order valence-electron chi connectivity index (χ1n) is 6.07. The molecule has 4 nitrogen and oxygen atoms in total. The predicted octanol–water partition coefficient (Wildman–Crippen LogP) is 2.25. The lowest BCUT2D eigenvalue weighted by Crippen LogP contribution is -2.13. The molecular formula is C14H17N3O. The molecule has 1 aromatic carbocycles. The number of nitrogens with one attached hydrogen (secondary N) is 2. The molecule has 0 atom stereocenters. The molecule has 0 aliphatic rings. The number of anilines is 1. The Bertz CT molecular complexity index is 590. The summed E-state index contributed by atoms with van der Waals surface area (Å²) in [7, 11) is 0. The molecule has 94 valence electrons. The molecule has 0 bridgehead atoms. The van der Waals surface area contributed by atoms with Gasteiger partial charge in [-0.3, -0.25) is 4.79 Å². The summed E-state index contributed by atoms with van der Waals surface area (Å²) in [6.07, 6.45) is 0.717. The van der Waals surface area contributed by atoms with Gasteiger partial charge in [0.05, 0.1) is 0 Å². The Morgan fingerprint density at radius 3 is 2.83 bits per heavy atom. The first-order chi connectivity index (χ1) is 8.69. The number of benzene rings is 1. The Morgan fingerprint density at radius 1 is 1.33 bits per heavy atom. The van der Waals surface area contributed by atoms with Gasteiger partial charge in [0.2, 0.25) is 0 Å². The van der Waals surface area contributed by atoms with E-state index in [0.717, 1.165) is 6.42 Å². The van der Waals surface area contributed by atoms with E-state index in [-0.39, 0.29) is 5.56 Å². The average Bonchev–Trinajstić information content (AvgIpc) is 2.37. The van der Waals surface area contributed by atoms with Crippen LogP contribution in [-0.4, -0.2) is 9.97 Å². The molecule has 2 N–H and O–H groups in total. The number of nitrogens with zero attached hydrogens (tertiary/aromatic N) is 1. The molecular weight excluding hydrogens is 226 g/mol. The van der Waals surface area contributed by atoms with E-state index in [1.165, 1.54) is 17.2 Å². The van der Waals surface area contributed by atoms with Gasteiger partial charge in [-0.2, -0.15) is 0 Å². The van der Waals surface area contributed by atoms with Crippen LogP contribution in [0.15, 0.2) is 35.1 Å². The van der Waals surface area contributed by atoms with Crippen LogP contribution in [-0.2, 0) is 13.0 Å². The summed E-state index contributed by atoms with van der Waals surface area (Å²) in [6.45, 7) is 4.70. The monoisotopic (exact) mass is 243 g/mol. The average molecular weight is 243 g/mol. The molecule has 0 aliphatic carbocycles. The van der Waals surface area contributed by atoms with E-state index in [1.54, 1.807) is 0 Å². The second kappa shape index (κ2) is 5.49. The largest absolute Gasteiger partial charge is 0.366 e. The molecule has 1 aromatic heterocycles. The number of aromatic amines is 1. The van der Waals surface area contributed by atoms with Crippen LogP contribution in [0, 0.1) is 6.92 Å². The van der Waals surface area contributed by atoms with Crippen molar-refractivity contribution in [2.75, 3.05) is 5.32 Å². The highest BCUT2D eigenvalue weighted by atomic mass is 16.1. The highest BCUT2D eigenvalue weighted by Gasteiger charge is 2.01. The normalized spacial score (nSPS) is 10.3. The van der Waals surface area contributed by atoms with Gasteiger partial charge in [-0.15, -0.1) is 0 Å². The van der Waals surface area contributed by atoms with Crippen LogP contribution in [0.25, 0.3) is 0 Å². The third-order valence-corrected chi connectivity index (χ3v) is 2.85. The predicted molar refractivity (Wildman–Crippen MR) is 72.7 cm³/mol. The molecule has 2 aromatic rings. The molecule has 0 fully saturated rings. The fourth-order valence-electron chi connectivity index (χ4n) is 1.76. The number of aryl methyl sites for hydroxylation is 2. The maximum absolute atomic E-state index is 11.4. The van der Waals surface area contributed by atoms with Crippen molar-refractivity contribution in [2.24, 2.45) is 0 Å². The third kappa shape index (κ3) is 2.97. The molecule has 2 rings (SSSR count). The molecule has 4 heteroatoms. The molecule has 0 saturated heterocycles. The zero-order valence-corrected chi connectivity index (χ0v) is 10.7. The van der Waals surface area contributed by atoms with Crippen molar-refractivity contribution >= 4 is 5.82 Å². The Hall–Kier alpha value is -2.10. The first-order valence-corrected chi connectivity index (χ1v) is 6.07. The van der Waals surface area contributed by atoms with E-state index >= 15 is 0 Å². The van der Waals surface area contributed by atoms with Gasteiger partial charge in [0.1, 0.15) is 11.6 Å². The maximum atomic E-state index is 11.4. The summed E-state index contributed by atoms with van der Waals surface area (Å²) in [6, 6.07) is 9.64. The number of hydrogen-bond donors (Lipinski definition) is 2. The second-order valence-electron chi connectivity index (χ2n) is 4.21. The minimum atomic E-state index is -0.117. The van der Waals surface area contributed by atoms with Gasteiger partial charge in [-0.1, -0.05) is 31.2 Å². The summed E-state index contributed by atoms with van der Waals surface area (Å²) in [5.74, 6) is 1.33. The molecule has 1 heterocycles. The second-order valence-corrected chi connectivity index (χ2v) is 4.21. The molecule has 18 heavy (non-hydrogen) atoms. The molecule has 0 saturated carbocycles. The Labute approximate surface area is 106 Å². The fourth-order valence-corrected chi connectivity index (χ4v) is 1.76. The van der Waals surface area contributed by atoms with E-state index in [9.17, 15) is 4.79 Å². The summed E-state index contributed by atoms with van der Waals surface area (Å²) < 4.78 is 0. The summed E-state index contributed by atoms with van der Waals surface area (Å²) >= 11 is 0. The SMILES string of the molecule is CCc1nc(NCc2ccccc2C)cc(=O)[nH]1. The van der Waals surface area contributed by atoms with E-state index in [0.29, 0.717) is 18.2 Å². The standard InChI is InChI=1S/C14H17N3O/c1-3-12-16-13(8-14(18)17-12)15-9-11-7-5-4-6-10(11)2/h4-8H,3,9H2,1-2H3,(H2,15,16,17,18). The Morgan fingerprint density at radius 2 is 2.11 bits per heavy atom. The van der Waals surface area contributed by atoms with Crippen molar-refractivity contribution < 1.29 is 0 Å². The van der Waals surface area contributed by atoms with Gasteiger partial charge < -0.3 is 10.3 Å². The smallest absolute Gasteiger partial charge is 0.252 e. The quantitative estimate of drug-likeness (QED) is 0.866. The molecule has 0 radical (unpaired) electrons. The van der Waals surface area contributed by atoms with E-state index in [4.69, 9.17) is 0 Å². The van der Waals surface area contributed by atoms with Crippen molar-refractivity contribution in [1.82, 2.24) is 9.97 Å². The first kappa shape index (κ1) is 12.4. The minimum Gasteiger partial charge on any atom is -0.366 e. The number of rotatable bonds is 4. The number of hydrogen-bond acceptors (Lipinski definition) is 3. The van der Waals surface area contributed by atoms with Gasteiger partial charge in [0.25, 0.3) is 5.56 Å². The lowest BCUT2D eigenvalue weighted by atomic mass is 10.1. The molecule has 0 spiro atoms. The third-order valence-electron chi connectivity index (χ3n) is 2.85. The van der Waals surface area contributed by atoms with Gasteiger partial charge in [-0.05, 0) is 18.1 Å². The van der Waals surface area contributed by atoms with Crippen LogP contribution in [0.5, 0.6) is 0 Å². The number of aromatic nitrogens is 2. The van der Waals surface area contributed by atoms with Crippen molar-refractivity contribution in [2.45, 2.75) is 26.8 Å². The summed E-state index contributed by atoms with van der Waals surface area (Å²) in [4.78, 5) is 18.4. The van der Waals surface area contributed by atoms with Gasteiger partial charge >= 0.3 is 0 Å². The topological polar surface area (TPSA) is 57.8 Å². The summed E-state index contributed by atoms with van der Waals surface area (Å²) in [5.41, 5.74) is 2.32. The molecule has 0 unspecified atom stereocenters. The fraction of sp³-hybridized carbons (Fsp3) is 0.286. The van der Waals surface area contributed by atoms with Crippen molar-refractivity contribution in [3.8, 4) is 0 Å². The van der Waals surface area contributed by atoms with E-state index in [2.05, 4.69) is 34.3 Å². The highest BCUT2D eigenvalue weighted by molar-refractivity contribution is 5.36. The van der Waals surface area contributed by atoms with Crippen LogP contribution in [0.2, 0.25) is 0 Å². The zero-order chi connectivity index (χ0) is 13.0.